The molecule has 1 heterocycles. The quantitative estimate of drug-likeness (QED) is 0.579. The molecule has 0 unspecified atom stereocenters. The molecule has 1 aliphatic heterocycles. The molecule has 2 nitrogen and oxygen atoms in total. The molecule has 1 fully saturated rings. The molecule has 3 heteroatoms. The fourth-order valence-electron chi connectivity index (χ4n) is 1.46. The second-order valence-corrected chi connectivity index (χ2v) is 4.47. The molecular weight excluding hydrogens is 180 g/mol. The Morgan fingerprint density at radius 2 is 1.69 bits per heavy atom. The fraction of sp³-hybridized carbons (Fsp3) is 0.400. The highest BCUT2D eigenvalue weighted by molar-refractivity contribution is 7.97. The van der Waals surface area contributed by atoms with Crippen LogP contribution in [0.5, 0.6) is 0 Å². The zero-order valence-corrected chi connectivity index (χ0v) is 8.39. The third-order valence-electron chi connectivity index (χ3n) is 2.18. The van der Waals surface area contributed by atoms with E-state index in [1.165, 1.54) is 30.8 Å². The maximum Gasteiger partial charge on any atom is 0.0314 e. The number of benzene rings is 1. The molecule has 0 amide bonds. The highest BCUT2D eigenvalue weighted by atomic mass is 32.2. The van der Waals surface area contributed by atoms with Gasteiger partial charge >= 0.3 is 0 Å². The molecule has 1 aliphatic rings. The molecule has 1 aromatic rings. The zero-order chi connectivity index (χ0) is 9.10. The van der Waals surface area contributed by atoms with Gasteiger partial charge < -0.3 is 5.73 Å². The summed E-state index contributed by atoms with van der Waals surface area (Å²) in [4.78, 5) is 1.29. The Morgan fingerprint density at radius 1 is 1.08 bits per heavy atom. The maximum absolute atomic E-state index is 5.61. The van der Waals surface area contributed by atoms with Gasteiger partial charge in [0.05, 0.1) is 0 Å². The molecule has 0 atom stereocenters. The number of hydrogen-bond acceptors (Lipinski definition) is 3. The minimum atomic E-state index is 0.839. The number of hydrogen-bond donors (Lipinski definition) is 1. The molecular formula is C10H14N2S. The molecule has 13 heavy (non-hydrogen) atoms. The lowest BCUT2D eigenvalue weighted by molar-refractivity contribution is 0.586. The van der Waals surface area contributed by atoms with Gasteiger partial charge in [0.25, 0.3) is 0 Å². The number of nitrogen functional groups attached to an aromatic ring is 1. The second-order valence-electron chi connectivity index (χ2n) is 3.30. The molecule has 0 saturated carbocycles. The maximum atomic E-state index is 5.61. The molecule has 70 valence electrons. The molecule has 1 aromatic carbocycles. The Kier molecular flexibility index (Phi) is 2.76. The average Bonchev–Trinajstić information content (AvgIpc) is 2.62. The van der Waals surface area contributed by atoms with Crippen molar-refractivity contribution in [3.05, 3.63) is 24.3 Å². The van der Waals surface area contributed by atoms with Crippen LogP contribution in [0.2, 0.25) is 0 Å². The Morgan fingerprint density at radius 3 is 2.31 bits per heavy atom. The fourth-order valence-corrected chi connectivity index (χ4v) is 2.45. The molecule has 0 bridgehead atoms. The van der Waals surface area contributed by atoms with Crippen molar-refractivity contribution in [1.82, 2.24) is 4.31 Å². The standard InChI is InChI=1S/C10H14N2S/c11-9-3-5-10(6-4-9)13-12-7-1-2-8-12/h3-6H,1-2,7-8,11H2. The van der Waals surface area contributed by atoms with E-state index in [0.717, 1.165) is 5.69 Å². The van der Waals surface area contributed by atoms with E-state index in [2.05, 4.69) is 16.4 Å². The summed E-state index contributed by atoms with van der Waals surface area (Å²) in [7, 11) is 0. The van der Waals surface area contributed by atoms with Crippen molar-refractivity contribution >= 4 is 17.6 Å². The van der Waals surface area contributed by atoms with Crippen molar-refractivity contribution in [3.63, 3.8) is 0 Å². The van der Waals surface area contributed by atoms with Gasteiger partial charge in [-0.3, -0.25) is 0 Å². The normalized spacial score (nSPS) is 17.8. The molecule has 1 saturated heterocycles. The number of nitrogens with zero attached hydrogens (tertiary/aromatic N) is 1. The Labute approximate surface area is 83.2 Å². The smallest absolute Gasteiger partial charge is 0.0314 e. The van der Waals surface area contributed by atoms with Crippen LogP contribution in [0.3, 0.4) is 0 Å². The summed E-state index contributed by atoms with van der Waals surface area (Å²) in [5.74, 6) is 0. The molecule has 2 rings (SSSR count). The van der Waals surface area contributed by atoms with Crippen molar-refractivity contribution in [1.29, 1.82) is 0 Å². The third kappa shape index (κ3) is 2.39. The van der Waals surface area contributed by atoms with Gasteiger partial charge in [-0.25, -0.2) is 4.31 Å². The van der Waals surface area contributed by atoms with E-state index in [1.54, 1.807) is 0 Å². The van der Waals surface area contributed by atoms with Gasteiger partial charge in [0.1, 0.15) is 0 Å². The number of rotatable bonds is 2. The molecule has 0 aromatic heterocycles. The van der Waals surface area contributed by atoms with Gasteiger partial charge in [-0.1, -0.05) is 0 Å². The van der Waals surface area contributed by atoms with E-state index >= 15 is 0 Å². The van der Waals surface area contributed by atoms with E-state index in [4.69, 9.17) is 5.73 Å². The van der Waals surface area contributed by atoms with Crippen LogP contribution in [-0.4, -0.2) is 17.4 Å². The first-order valence-electron chi connectivity index (χ1n) is 4.63. The Bertz CT molecular complexity index is 265. The van der Waals surface area contributed by atoms with E-state index in [-0.39, 0.29) is 0 Å². The monoisotopic (exact) mass is 194 g/mol. The van der Waals surface area contributed by atoms with Crippen LogP contribution >= 0.6 is 11.9 Å². The van der Waals surface area contributed by atoms with Crippen molar-refractivity contribution in [3.8, 4) is 0 Å². The first-order chi connectivity index (χ1) is 6.34. The van der Waals surface area contributed by atoms with Gasteiger partial charge in [0.2, 0.25) is 0 Å². The summed E-state index contributed by atoms with van der Waals surface area (Å²) in [6, 6.07) is 8.08. The highest BCUT2D eigenvalue weighted by Gasteiger charge is 2.12. The van der Waals surface area contributed by atoms with Gasteiger partial charge in [-0.15, -0.1) is 0 Å². The van der Waals surface area contributed by atoms with Gasteiger partial charge in [-0.05, 0) is 49.1 Å². The Hall–Kier alpha value is -0.670. The lowest BCUT2D eigenvalue weighted by atomic mass is 10.3. The molecule has 0 spiro atoms. The molecule has 0 aliphatic carbocycles. The lowest BCUT2D eigenvalue weighted by Crippen LogP contribution is -2.08. The van der Waals surface area contributed by atoms with Crippen LogP contribution in [0.25, 0.3) is 0 Å². The third-order valence-corrected chi connectivity index (χ3v) is 3.29. The summed E-state index contributed by atoms with van der Waals surface area (Å²) >= 11 is 1.84. The molecule has 2 N–H and O–H groups in total. The van der Waals surface area contributed by atoms with Crippen LogP contribution in [0, 0.1) is 0 Å². The van der Waals surface area contributed by atoms with Crippen molar-refractivity contribution < 1.29 is 0 Å². The first kappa shape index (κ1) is 8.91. The molecule has 0 radical (unpaired) electrons. The second kappa shape index (κ2) is 4.03. The van der Waals surface area contributed by atoms with Gasteiger partial charge in [0, 0.05) is 23.7 Å². The zero-order valence-electron chi connectivity index (χ0n) is 7.57. The van der Waals surface area contributed by atoms with E-state index in [0.29, 0.717) is 0 Å². The topological polar surface area (TPSA) is 29.3 Å². The summed E-state index contributed by atoms with van der Waals surface area (Å²) in [6.45, 7) is 2.43. The van der Waals surface area contributed by atoms with Crippen LogP contribution < -0.4 is 5.73 Å². The first-order valence-corrected chi connectivity index (χ1v) is 5.40. The summed E-state index contributed by atoms with van der Waals surface area (Å²) in [5.41, 5.74) is 6.45. The number of nitrogens with two attached hydrogens (primary N) is 1. The summed E-state index contributed by atoms with van der Waals surface area (Å²) < 4.78 is 2.41. The summed E-state index contributed by atoms with van der Waals surface area (Å²) in [6.07, 6.45) is 2.67. The van der Waals surface area contributed by atoms with Crippen molar-refractivity contribution in [2.45, 2.75) is 17.7 Å². The lowest BCUT2D eigenvalue weighted by Gasteiger charge is -2.12. The largest absolute Gasteiger partial charge is 0.399 e. The van der Waals surface area contributed by atoms with Crippen LogP contribution in [0.15, 0.2) is 29.2 Å². The predicted octanol–water partition coefficient (Wildman–Crippen LogP) is 2.37. The van der Waals surface area contributed by atoms with Crippen molar-refractivity contribution in [2.24, 2.45) is 0 Å². The predicted molar refractivity (Wildman–Crippen MR) is 57.5 cm³/mol. The SMILES string of the molecule is Nc1ccc(SN2CCCC2)cc1. The van der Waals surface area contributed by atoms with E-state index in [1.807, 2.05) is 24.1 Å². The van der Waals surface area contributed by atoms with Crippen LogP contribution in [0.4, 0.5) is 5.69 Å². The minimum Gasteiger partial charge on any atom is -0.399 e. The Balaban J connectivity index is 1.97. The number of anilines is 1. The summed E-state index contributed by atoms with van der Waals surface area (Å²) in [5, 5.41) is 0. The van der Waals surface area contributed by atoms with E-state index < -0.39 is 0 Å². The average molecular weight is 194 g/mol. The van der Waals surface area contributed by atoms with Crippen LogP contribution in [0.1, 0.15) is 12.8 Å². The van der Waals surface area contributed by atoms with Gasteiger partial charge in [-0.2, -0.15) is 0 Å². The van der Waals surface area contributed by atoms with Gasteiger partial charge in [0.15, 0.2) is 0 Å². The van der Waals surface area contributed by atoms with Crippen molar-refractivity contribution in [2.75, 3.05) is 18.8 Å². The minimum absolute atomic E-state index is 0.839. The van der Waals surface area contributed by atoms with Crippen LogP contribution in [-0.2, 0) is 0 Å². The van der Waals surface area contributed by atoms with E-state index in [9.17, 15) is 0 Å². The highest BCUT2D eigenvalue weighted by Crippen LogP contribution is 2.26.